The molecule has 0 bridgehead atoms. The minimum Gasteiger partial charge on any atom is -0.466 e. The van der Waals surface area contributed by atoms with E-state index in [0.717, 1.165) is 13.2 Å². The van der Waals surface area contributed by atoms with Crippen LogP contribution in [0.5, 0.6) is 5.88 Å². The maximum atomic E-state index is 11.9. The van der Waals surface area contributed by atoms with Crippen LogP contribution in [0.2, 0.25) is 5.15 Å². The number of aromatic nitrogens is 2. The Kier molecular flexibility index (Phi) is 4.11. The van der Waals surface area contributed by atoms with Crippen molar-refractivity contribution in [3.8, 4) is 5.88 Å². The zero-order valence-corrected chi connectivity index (χ0v) is 9.17. The van der Waals surface area contributed by atoms with Gasteiger partial charge < -0.3 is 9.47 Å². The molecule has 0 saturated carbocycles. The van der Waals surface area contributed by atoms with Crippen LogP contribution < -0.4 is 4.74 Å². The molecular formula is C8H6ClF3N2O3. The first-order chi connectivity index (χ1) is 7.83. The molecule has 9 heteroatoms. The van der Waals surface area contributed by atoms with Gasteiger partial charge in [0.15, 0.2) is 11.8 Å². The van der Waals surface area contributed by atoms with E-state index in [4.69, 9.17) is 11.6 Å². The fourth-order valence-corrected chi connectivity index (χ4v) is 1.02. The van der Waals surface area contributed by atoms with Gasteiger partial charge in [-0.1, -0.05) is 11.6 Å². The number of alkyl halides is 3. The van der Waals surface area contributed by atoms with E-state index in [1.807, 2.05) is 0 Å². The molecule has 0 fully saturated rings. The standard InChI is InChI=1S/C8H6ClF3N2O3/c1-16-7(15)4-2-5(9)13-14-6(4)17-3-8(10,11)12/h2H,3H2,1H3. The minimum atomic E-state index is -4.55. The molecule has 0 N–H and O–H groups in total. The van der Waals surface area contributed by atoms with E-state index in [1.54, 1.807) is 0 Å². The first-order valence-corrected chi connectivity index (χ1v) is 4.52. The van der Waals surface area contributed by atoms with Crippen LogP contribution in [0.3, 0.4) is 0 Å². The SMILES string of the molecule is COC(=O)c1cc(Cl)nnc1OCC(F)(F)F. The minimum absolute atomic E-state index is 0.162. The van der Waals surface area contributed by atoms with Crippen LogP contribution >= 0.6 is 11.6 Å². The lowest BCUT2D eigenvalue weighted by Crippen LogP contribution is -2.21. The van der Waals surface area contributed by atoms with Crippen LogP contribution in [-0.2, 0) is 4.74 Å². The molecule has 1 heterocycles. The summed E-state index contributed by atoms with van der Waals surface area (Å²) in [7, 11) is 1.06. The van der Waals surface area contributed by atoms with Crippen LogP contribution in [0.15, 0.2) is 6.07 Å². The average Bonchev–Trinajstić information content (AvgIpc) is 2.25. The molecule has 0 aliphatic heterocycles. The molecule has 0 spiro atoms. The fourth-order valence-electron chi connectivity index (χ4n) is 0.870. The van der Waals surface area contributed by atoms with Gasteiger partial charge in [-0.15, -0.1) is 10.2 Å². The monoisotopic (exact) mass is 270 g/mol. The number of halogens is 4. The third-order valence-electron chi connectivity index (χ3n) is 1.51. The Hall–Kier alpha value is -1.57. The third kappa shape index (κ3) is 4.06. The van der Waals surface area contributed by atoms with E-state index < -0.39 is 24.6 Å². The number of rotatable bonds is 3. The summed E-state index contributed by atoms with van der Waals surface area (Å²) in [6.07, 6.45) is -4.55. The first kappa shape index (κ1) is 13.5. The van der Waals surface area contributed by atoms with Crippen molar-refractivity contribution >= 4 is 17.6 Å². The lowest BCUT2D eigenvalue weighted by atomic mass is 10.3. The van der Waals surface area contributed by atoms with Crippen molar-refractivity contribution in [2.75, 3.05) is 13.7 Å². The number of hydrogen-bond donors (Lipinski definition) is 0. The smallest absolute Gasteiger partial charge is 0.422 e. The van der Waals surface area contributed by atoms with E-state index in [2.05, 4.69) is 19.7 Å². The molecule has 0 aliphatic carbocycles. The van der Waals surface area contributed by atoms with Crippen molar-refractivity contribution in [1.82, 2.24) is 10.2 Å². The number of ether oxygens (including phenoxy) is 2. The van der Waals surface area contributed by atoms with Gasteiger partial charge in [0.05, 0.1) is 7.11 Å². The van der Waals surface area contributed by atoms with Crippen LogP contribution in [0.1, 0.15) is 10.4 Å². The van der Waals surface area contributed by atoms with E-state index in [9.17, 15) is 18.0 Å². The van der Waals surface area contributed by atoms with Crippen molar-refractivity contribution < 1.29 is 27.4 Å². The first-order valence-electron chi connectivity index (χ1n) is 4.14. The van der Waals surface area contributed by atoms with Gasteiger partial charge in [-0.2, -0.15) is 13.2 Å². The number of carbonyl (C=O) groups excluding carboxylic acids is 1. The van der Waals surface area contributed by atoms with Gasteiger partial charge in [0.1, 0.15) is 5.56 Å². The molecule has 1 aromatic heterocycles. The Labute approximate surface area is 98.5 Å². The van der Waals surface area contributed by atoms with Gasteiger partial charge >= 0.3 is 12.1 Å². The Morgan fingerprint density at radius 3 is 2.65 bits per heavy atom. The number of carbonyl (C=O) groups is 1. The van der Waals surface area contributed by atoms with E-state index >= 15 is 0 Å². The quantitative estimate of drug-likeness (QED) is 0.785. The summed E-state index contributed by atoms with van der Waals surface area (Å²) in [6, 6.07) is 1.01. The topological polar surface area (TPSA) is 61.3 Å². The van der Waals surface area contributed by atoms with Crippen LogP contribution in [0.25, 0.3) is 0 Å². The maximum absolute atomic E-state index is 11.9. The normalized spacial score (nSPS) is 11.1. The Morgan fingerprint density at radius 2 is 2.12 bits per heavy atom. The van der Waals surface area contributed by atoms with Crippen molar-refractivity contribution in [2.24, 2.45) is 0 Å². The van der Waals surface area contributed by atoms with Crippen molar-refractivity contribution in [3.63, 3.8) is 0 Å². The van der Waals surface area contributed by atoms with E-state index in [1.165, 1.54) is 0 Å². The molecule has 1 rings (SSSR count). The summed E-state index contributed by atoms with van der Waals surface area (Å²) < 4.78 is 44.4. The van der Waals surface area contributed by atoms with Crippen LogP contribution in [0, 0.1) is 0 Å². The van der Waals surface area contributed by atoms with Gasteiger partial charge in [-0.3, -0.25) is 0 Å². The summed E-state index contributed by atoms with van der Waals surface area (Å²) >= 11 is 5.45. The van der Waals surface area contributed by atoms with E-state index in [-0.39, 0.29) is 10.7 Å². The highest BCUT2D eigenvalue weighted by Gasteiger charge is 2.30. The highest BCUT2D eigenvalue weighted by atomic mass is 35.5. The largest absolute Gasteiger partial charge is 0.466 e. The summed E-state index contributed by atoms with van der Waals surface area (Å²) in [5.41, 5.74) is -0.322. The molecular weight excluding hydrogens is 265 g/mol. The highest BCUT2D eigenvalue weighted by Crippen LogP contribution is 2.21. The summed E-state index contributed by atoms with van der Waals surface area (Å²) in [5, 5.41) is 6.36. The summed E-state index contributed by atoms with van der Waals surface area (Å²) in [4.78, 5) is 11.2. The zero-order valence-electron chi connectivity index (χ0n) is 8.42. The number of esters is 1. The third-order valence-corrected chi connectivity index (χ3v) is 1.69. The number of methoxy groups -OCH3 is 1. The average molecular weight is 271 g/mol. The zero-order chi connectivity index (χ0) is 13.1. The Bertz CT molecular complexity index is 425. The predicted molar refractivity (Wildman–Crippen MR) is 49.9 cm³/mol. The van der Waals surface area contributed by atoms with Crippen LogP contribution in [-0.4, -0.2) is 36.1 Å². The number of hydrogen-bond acceptors (Lipinski definition) is 5. The molecule has 17 heavy (non-hydrogen) atoms. The van der Waals surface area contributed by atoms with Gasteiger partial charge in [-0.05, 0) is 6.07 Å². The summed E-state index contributed by atoms with van der Waals surface area (Å²) in [5.74, 6) is -1.50. The van der Waals surface area contributed by atoms with Crippen molar-refractivity contribution in [3.05, 3.63) is 16.8 Å². The molecule has 94 valence electrons. The molecule has 0 aliphatic rings. The number of nitrogens with zero attached hydrogens (tertiary/aromatic N) is 2. The Balaban J connectivity index is 2.94. The molecule has 0 amide bonds. The van der Waals surface area contributed by atoms with Crippen molar-refractivity contribution in [1.29, 1.82) is 0 Å². The summed E-state index contributed by atoms with van der Waals surface area (Å²) in [6.45, 7) is -1.59. The molecule has 0 atom stereocenters. The van der Waals surface area contributed by atoms with E-state index in [0.29, 0.717) is 0 Å². The van der Waals surface area contributed by atoms with Gasteiger partial charge in [-0.25, -0.2) is 4.79 Å². The second-order valence-electron chi connectivity index (χ2n) is 2.78. The van der Waals surface area contributed by atoms with Gasteiger partial charge in [0.2, 0.25) is 5.88 Å². The second-order valence-corrected chi connectivity index (χ2v) is 3.17. The maximum Gasteiger partial charge on any atom is 0.422 e. The second kappa shape index (κ2) is 5.17. The Morgan fingerprint density at radius 1 is 1.47 bits per heavy atom. The predicted octanol–water partition coefficient (Wildman–Crippen LogP) is 1.86. The lowest BCUT2D eigenvalue weighted by molar-refractivity contribution is -0.154. The molecule has 0 unspecified atom stereocenters. The highest BCUT2D eigenvalue weighted by molar-refractivity contribution is 6.29. The van der Waals surface area contributed by atoms with Gasteiger partial charge in [0.25, 0.3) is 0 Å². The van der Waals surface area contributed by atoms with Crippen molar-refractivity contribution in [2.45, 2.75) is 6.18 Å². The molecule has 1 aromatic rings. The fraction of sp³-hybridized carbons (Fsp3) is 0.375. The van der Waals surface area contributed by atoms with Gasteiger partial charge in [0, 0.05) is 0 Å². The lowest BCUT2D eigenvalue weighted by Gasteiger charge is -2.10. The molecule has 0 radical (unpaired) electrons. The molecule has 5 nitrogen and oxygen atoms in total. The molecule has 0 saturated heterocycles. The van der Waals surface area contributed by atoms with Crippen LogP contribution in [0.4, 0.5) is 13.2 Å². The molecule has 0 aromatic carbocycles.